The Bertz CT molecular complexity index is 378. The van der Waals surface area contributed by atoms with Gasteiger partial charge in [0.05, 0.1) is 17.1 Å². The third kappa shape index (κ3) is 2.73. The highest BCUT2D eigenvalue weighted by molar-refractivity contribution is 5.74. The van der Waals surface area contributed by atoms with Gasteiger partial charge in [-0.25, -0.2) is 0 Å². The molecule has 3 fully saturated rings. The minimum absolute atomic E-state index is 0.179. The zero-order valence-electron chi connectivity index (χ0n) is 12.6. The first-order valence-corrected chi connectivity index (χ1v) is 8.15. The molecule has 3 rings (SSSR count). The van der Waals surface area contributed by atoms with Crippen molar-refractivity contribution < 1.29 is 14.6 Å². The van der Waals surface area contributed by atoms with E-state index in [1.54, 1.807) is 0 Å². The Balaban J connectivity index is 1.52. The molecule has 2 atom stereocenters. The second kappa shape index (κ2) is 5.30. The van der Waals surface area contributed by atoms with E-state index < -0.39 is 11.4 Å². The Morgan fingerprint density at radius 1 is 1.25 bits per heavy atom. The van der Waals surface area contributed by atoms with Crippen molar-refractivity contribution in [2.75, 3.05) is 19.6 Å². The maximum atomic E-state index is 11.3. The number of carbonyl (C=O) groups is 1. The van der Waals surface area contributed by atoms with E-state index in [2.05, 4.69) is 4.90 Å². The summed E-state index contributed by atoms with van der Waals surface area (Å²) in [6.45, 7) is 4.36. The number of ether oxygens (including phenoxy) is 1. The van der Waals surface area contributed by atoms with E-state index >= 15 is 0 Å². The van der Waals surface area contributed by atoms with Crippen LogP contribution >= 0.6 is 0 Å². The van der Waals surface area contributed by atoms with Gasteiger partial charge in [0.15, 0.2) is 0 Å². The minimum Gasteiger partial charge on any atom is -0.481 e. The van der Waals surface area contributed by atoms with Gasteiger partial charge in [0.2, 0.25) is 0 Å². The lowest BCUT2D eigenvalue weighted by Crippen LogP contribution is -2.37. The smallest absolute Gasteiger partial charge is 0.310 e. The molecule has 2 unspecified atom stereocenters. The SMILES string of the molecule is CC1(C(=O)O)CCN(CC2CCC3(CCCCC3)O2)C1. The van der Waals surface area contributed by atoms with E-state index in [1.807, 2.05) is 6.92 Å². The van der Waals surface area contributed by atoms with Crippen molar-refractivity contribution in [3.05, 3.63) is 0 Å². The van der Waals surface area contributed by atoms with Crippen LogP contribution in [0.4, 0.5) is 0 Å². The molecule has 4 heteroatoms. The summed E-state index contributed by atoms with van der Waals surface area (Å²) in [5, 5.41) is 9.29. The molecule has 0 aromatic heterocycles. The first-order chi connectivity index (χ1) is 9.51. The average molecular weight is 281 g/mol. The predicted molar refractivity (Wildman–Crippen MR) is 76.7 cm³/mol. The summed E-state index contributed by atoms with van der Waals surface area (Å²) in [6.07, 6.45) is 9.90. The van der Waals surface area contributed by atoms with Crippen molar-refractivity contribution in [2.45, 2.75) is 70.0 Å². The second-order valence-electron chi connectivity index (χ2n) is 7.37. The lowest BCUT2D eigenvalue weighted by molar-refractivity contribution is -0.147. The molecule has 1 N–H and O–H groups in total. The Morgan fingerprint density at radius 3 is 2.65 bits per heavy atom. The highest BCUT2D eigenvalue weighted by Crippen LogP contribution is 2.42. The molecule has 0 amide bonds. The Labute approximate surface area is 121 Å². The van der Waals surface area contributed by atoms with Gasteiger partial charge in [-0.15, -0.1) is 0 Å². The number of hydrogen-bond donors (Lipinski definition) is 1. The topological polar surface area (TPSA) is 49.8 Å². The average Bonchev–Trinajstić information content (AvgIpc) is 2.97. The zero-order chi connectivity index (χ0) is 14.2. The summed E-state index contributed by atoms with van der Waals surface area (Å²) in [4.78, 5) is 13.6. The van der Waals surface area contributed by atoms with Crippen molar-refractivity contribution in [1.82, 2.24) is 4.90 Å². The van der Waals surface area contributed by atoms with Crippen LogP contribution < -0.4 is 0 Å². The van der Waals surface area contributed by atoms with Crippen LogP contribution in [-0.2, 0) is 9.53 Å². The fourth-order valence-electron chi connectivity index (χ4n) is 4.26. The molecule has 1 spiro atoms. The first kappa shape index (κ1) is 14.3. The van der Waals surface area contributed by atoms with E-state index in [0.717, 1.165) is 25.9 Å². The summed E-state index contributed by atoms with van der Waals surface area (Å²) in [5.41, 5.74) is -0.375. The van der Waals surface area contributed by atoms with Crippen molar-refractivity contribution in [2.24, 2.45) is 5.41 Å². The summed E-state index contributed by atoms with van der Waals surface area (Å²) >= 11 is 0. The molecule has 0 aromatic carbocycles. The maximum Gasteiger partial charge on any atom is 0.310 e. The van der Waals surface area contributed by atoms with Crippen LogP contribution in [0.5, 0.6) is 0 Å². The third-order valence-corrected chi connectivity index (χ3v) is 5.63. The Kier molecular flexibility index (Phi) is 3.80. The monoisotopic (exact) mass is 281 g/mol. The fourth-order valence-corrected chi connectivity index (χ4v) is 4.26. The van der Waals surface area contributed by atoms with Crippen LogP contribution in [0.2, 0.25) is 0 Å². The largest absolute Gasteiger partial charge is 0.481 e. The summed E-state index contributed by atoms with van der Waals surface area (Å²) < 4.78 is 6.39. The van der Waals surface area contributed by atoms with Crippen molar-refractivity contribution in [3.8, 4) is 0 Å². The fraction of sp³-hybridized carbons (Fsp3) is 0.938. The van der Waals surface area contributed by atoms with Gasteiger partial charge in [0.25, 0.3) is 0 Å². The van der Waals surface area contributed by atoms with E-state index in [4.69, 9.17) is 4.74 Å². The Hall–Kier alpha value is -0.610. The van der Waals surface area contributed by atoms with Crippen molar-refractivity contribution in [1.29, 1.82) is 0 Å². The molecule has 1 saturated carbocycles. The van der Waals surface area contributed by atoms with Crippen LogP contribution in [-0.4, -0.2) is 47.3 Å². The predicted octanol–water partition coefficient (Wildman–Crippen LogP) is 2.66. The van der Waals surface area contributed by atoms with Crippen LogP contribution in [0.25, 0.3) is 0 Å². The molecule has 0 aromatic rings. The van der Waals surface area contributed by atoms with Gasteiger partial charge in [-0.05, 0) is 45.6 Å². The maximum absolute atomic E-state index is 11.3. The van der Waals surface area contributed by atoms with Gasteiger partial charge >= 0.3 is 5.97 Å². The first-order valence-electron chi connectivity index (χ1n) is 8.15. The van der Waals surface area contributed by atoms with Crippen molar-refractivity contribution in [3.63, 3.8) is 0 Å². The number of carboxylic acids is 1. The normalized spacial score (nSPS) is 37.5. The lowest BCUT2D eigenvalue weighted by atomic mass is 9.83. The highest BCUT2D eigenvalue weighted by Gasteiger charge is 2.44. The quantitative estimate of drug-likeness (QED) is 0.864. The molecule has 2 aliphatic heterocycles. The molecular weight excluding hydrogens is 254 g/mol. The molecule has 1 aliphatic carbocycles. The van der Waals surface area contributed by atoms with Crippen molar-refractivity contribution >= 4 is 5.97 Å². The molecule has 114 valence electrons. The van der Waals surface area contributed by atoms with Gasteiger partial charge in [-0.1, -0.05) is 19.3 Å². The van der Waals surface area contributed by atoms with Crippen LogP contribution in [0.1, 0.15) is 58.3 Å². The molecule has 0 bridgehead atoms. The minimum atomic E-state index is -0.656. The second-order valence-corrected chi connectivity index (χ2v) is 7.37. The summed E-state index contributed by atoms with van der Waals surface area (Å²) in [6, 6.07) is 0. The van der Waals surface area contributed by atoms with E-state index in [9.17, 15) is 9.90 Å². The number of rotatable bonds is 3. The third-order valence-electron chi connectivity index (χ3n) is 5.63. The number of nitrogens with zero attached hydrogens (tertiary/aromatic N) is 1. The summed E-state index contributed by atoms with van der Waals surface area (Å²) in [7, 11) is 0. The van der Waals surface area contributed by atoms with E-state index in [1.165, 1.54) is 38.5 Å². The van der Waals surface area contributed by atoms with Gasteiger partial charge < -0.3 is 9.84 Å². The summed E-state index contributed by atoms with van der Waals surface area (Å²) in [5.74, 6) is -0.656. The van der Waals surface area contributed by atoms with E-state index in [-0.39, 0.29) is 5.60 Å². The van der Waals surface area contributed by atoms with Crippen LogP contribution in [0.15, 0.2) is 0 Å². The molecule has 4 nitrogen and oxygen atoms in total. The number of hydrogen-bond acceptors (Lipinski definition) is 3. The van der Waals surface area contributed by atoms with Gasteiger partial charge in [-0.2, -0.15) is 0 Å². The van der Waals surface area contributed by atoms with Gasteiger partial charge in [-0.3, -0.25) is 9.69 Å². The lowest BCUT2D eigenvalue weighted by Gasteiger charge is -2.34. The van der Waals surface area contributed by atoms with Crippen LogP contribution in [0.3, 0.4) is 0 Å². The number of carboxylic acid groups (broad SMARTS) is 1. The van der Waals surface area contributed by atoms with E-state index in [0.29, 0.717) is 12.6 Å². The molecule has 0 radical (unpaired) electrons. The molecule has 2 saturated heterocycles. The molecule has 20 heavy (non-hydrogen) atoms. The standard InChI is InChI=1S/C16H27NO3/c1-15(14(18)19)9-10-17(12-15)11-13-5-8-16(20-13)6-3-2-4-7-16/h13H,2-12H2,1H3,(H,18,19). The van der Waals surface area contributed by atoms with Gasteiger partial charge in [0.1, 0.15) is 0 Å². The number of likely N-dealkylation sites (tertiary alicyclic amines) is 1. The zero-order valence-corrected chi connectivity index (χ0v) is 12.6. The molecule has 2 heterocycles. The number of aliphatic carboxylic acids is 1. The Morgan fingerprint density at radius 2 is 2.00 bits per heavy atom. The molecular formula is C16H27NO3. The van der Waals surface area contributed by atoms with Gasteiger partial charge in [0, 0.05) is 13.1 Å². The molecule has 3 aliphatic rings. The highest BCUT2D eigenvalue weighted by atomic mass is 16.5. The van der Waals surface area contributed by atoms with Crippen LogP contribution in [0, 0.1) is 5.41 Å².